The first-order valence-electron chi connectivity index (χ1n) is 17.2. The van der Waals surface area contributed by atoms with Gasteiger partial charge in [-0.25, -0.2) is 4.79 Å². The van der Waals surface area contributed by atoms with E-state index in [9.17, 15) is 9.59 Å². The molecule has 2 aliphatic rings. The summed E-state index contributed by atoms with van der Waals surface area (Å²) in [6.45, 7) is 7.81. The number of carbonyl (C=O) groups is 2. The number of dihydropyridines is 1. The summed E-state index contributed by atoms with van der Waals surface area (Å²) in [5.74, 6) is -1.05. The number of allylic oxidation sites excluding steroid dienone is 2. The van der Waals surface area contributed by atoms with Gasteiger partial charge in [-0.3, -0.25) is 9.69 Å². The summed E-state index contributed by atoms with van der Waals surface area (Å²) in [5.41, 5.74) is 6.80. The molecule has 0 aliphatic carbocycles. The Morgan fingerprint density at radius 3 is 2.06 bits per heavy atom. The second kappa shape index (κ2) is 16.2. The van der Waals surface area contributed by atoms with Gasteiger partial charge in [0.2, 0.25) is 0 Å². The van der Waals surface area contributed by atoms with Crippen molar-refractivity contribution in [1.82, 2.24) is 15.1 Å². The average Bonchev–Trinajstić information content (AvgIpc) is 3.36. The summed E-state index contributed by atoms with van der Waals surface area (Å²) < 4.78 is 6.08. The second-order valence-electron chi connectivity index (χ2n) is 12.9. The van der Waals surface area contributed by atoms with Crippen molar-refractivity contribution in [1.29, 1.82) is 0 Å². The number of esters is 1. The number of nitrogens with zero attached hydrogens (tertiary/aromatic N) is 2. The highest BCUT2D eigenvalue weighted by Crippen LogP contribution is 2.40. The summed E-state index contributed by atoms with van der Waals surface area (Å²) in [4.78, 5) is 33.0. The topological polar surface area (TPSA) is 61.9 Å². The third kappa shape index (κ3) is 8.33. The Balaban J connectivity index is 1.22. The second-order valence-corrected chi connectivity index (χ2v) is 13.3. The third-order valence-corrected chi connectivity index (χ3v) is 9.80. The SMILES string of the molecule is CC1=C(C(=O)OCCC(c2ccccc2)c2ccccc2)C(c2cccc(Cl)c2)C(C(=O)N2CCCN(Cc3ccccc3)CC2)=C(C)N1. The molecule has 0 radical (unpaired) electrons. The lowest BCUT2D eigenvalue weighted by Crippen LogP contribution is -2.41. The smallest absolute Gasteiger partial charge is 0.336 e. The zero-order valence-corrected chi connectivity index (χ0v) is 29.0. The van der Waals surface area contributed by atoms with Gasteiger partial charge in [0.1, 0.15) is 0 Å². The Morgan fingerprint density at radius 1 is 0.776 bits per heavy atom. The Hall–Kier alpha value is -4.65. The minimum atomic E-state index is -0.623. The molecule has 1 amide bonds. The van der Waals surface area contributed by atoms with Gasteiger partial charge in [-0.15, -0.1) is 0 Å². The maximum absolute atomic E-state index is 14.5. The maximum Gasteiger partial charge on any atom is 0.336 e. The van der Waals surface area contributed by atoms with Gasteiger partial charge in [0, 0.05) is 60.6 Å². The van der Waals surface area contributed by atoms with Crippen LogP contribution in [0.5, 0.6) is 0 Å². The van der Waals surface area contributed by atoms with Crippen molar-refractivity contribution in [2.24, 2.45) is 0 Å². The number of rotatable bonds is 10. The molecule has 2 heterocycles. The Bertz CT molecular complexity index is 1770. The van der Waals surface area contributed by atoms with Crippen LogP contribution in [0, 0.1) is 0 Å². The zero-order chi connectivity index (χ0) is 34.2. The first-order valence-corrected chi connectivity index (χ1v) is 17.5. The molecular formula is C42H44ClN3O3. The third-order valence-electron chi connectivity index (χ3n) is 9.56. The molecule has 0 saturated carbocycles. The average molecular weight is 674 g/mol. The normalized spacial score (nSPS) is 17.1. The number of hydrogen-bond donors (Lipinski definition) is 1. The van der Waals surface area contributed by atoms with E-state index in [1.165, 1.54) is 16.7 Å². The van der Waals surface area contributed by atoms with Crippen LogP contribution in [-0.2, 0) is 20.9 Å². The largest absolute Gasteiger partial charge is 0.462 e. The van der Waals surface area contributed by atoms with Crippen LogP contribution in [0.25, 0.3) is 0 Å². The lowest BCUT2D eigenvalue weighted by molar-refractivity contribution is -0.139. The first kappa shape index (κ1) is 34.2. The van der Waals surface area contributed by atoms with E-state index in [-0.39, 0.29) is 18.4 Å². The predicted octanol–water partition coefficient (Wildman–Crippen LogP) is 8.07. The van der Waals surface area contributed by atoms with Gasteiger partial charge in [0.05, 0.1) is 18.1 Å². The highest BCUT2D eigenvalue weighted by molar-refractivity contribution is 6.30. The fourth-order valence-corrected chi connectivity index (χ4v) is 7.35. The number of nitrogens with one attached hydrogen (secondary N) is 1. The van der Waals surface area contributed by atoms with Crippen molar-refractivity contribution < 1.29 is 14.3 Å². The number of amides is 1. The van der Waals surface area contributed by atoms with Gasteiger partial charge in [-0.1, -0.05) is 115 Å². The molecule has 252 valence electrons. The quantitative estimate of drug-likeness (QED) is 0.173. The molecule has 4 aromatic carbocycles. The molecule has 0 spiro atoms. The van der Waals surface area contributed by atoms with E-state index in [0.29, 0.717) is 41.4 Å². The van der Waals surface area contributed by atoms with E-state index in [4.69, 9.17) is 16.3 Å². The monoisotopic (exact) mass is 673 g/mol. The molecule has 49 heavy (non-hydrogen) atoms. The summed E-state index contributed by atoms with van der Waals surface area (Å²) in [6, 6.07) is 38.5. The molecule has 2 aliphatic heterocycles. The fraction of sp³-hybridized carbons (Fsp3) is 0.286. The summed E-state index contributed by atoms with van der Waals surface area (Å²) in [6.07, 6.45) is 1.49. The highest BCUT2D eigenvalue weighted by atomic mass is 35.5. The van der Waals surface area contributed by atoms with Crippen LogP contribution in [0.1, 0.15) is 60.8 Å². The number of hydrogen-bond acceptors (Lipinski definition) is 5. The van der Waals surface area contributed by atoms with E-state index in [1.54, 1.807) is 0 Å². The van der Waals surface area contributed by atoms with E-state index in [0.717, 1.165) is 37.3 Å². The highest BCUT2D eigenvalue weighted by Gasteiger charge is 2.39. The van der Waals surface area contributed by atoms with Crippen molar-refractivity contribution in [3.8, 4) is 0 Å². The van der Waals surface area contributed by atoms with E-state index in [1.807, 2.05) is 85.5 Å². The summed E-state index contributed by atoms with van der Waals surface area (Å²) in [7, 11) is 0. The summed E-state index contributed by atoms with van der Waals surface area (Å²) >= 11 is 6.51. The Kier molecular flexibility index (Phi) is 11.3. The Labute approximate surface area is 295 Å². The molecule has 7 heteroatoms. The number of carbonyl (C=O) groups excluding carboxylic acids is 2. The molecule has 1 atom stereocenters. The van der Waals surface area contributed by atoms with E-state index < -0.39 is 11.9 Å². The minimum absolute atomic E-state index is 0.0671. The standard InChI is InChI=1S/C42H44ClN3O3/c1-30-38(41(47)46-24-13-23-45(25-26-46)29-32-14-6-3-7-15-32)40(35-20-12-21-36(43)28-35)39(31(2)44-30)42(48)49-27-22-37(33-16-8-4-9-17-33)34-18-10-5-11-19-34/h3-12,14-21,28,37,40,44H,13,22-27,29H2,1-2H3. The first-order chi connectivity index (χ1) is 23.9. The van der Waals surface area contributed by atoms with Crippen LogP contribution < -0.4 is 5.32 Å². The van der Waals surface area contributed by atoms with E-state index >= 15 is 0 Å². The van der Waals surface area contributed by atoms with Gasteiger partial charge in [0.15, 0.2) is 0 Å². The van der Waals surface area contributed by atoms with Crippen LogP contribution in [0.3, 0.4) is 0 Å². The minimum Gasteiger partial charge on any atom is -0.462 e. The molecule has 1 saturated heterocycles. The number of ether oxygens (including phenoxy) is 1. The molecule has 6 rings (SSSR count). The van der Waals surface area contributed by atoms with Crippen molar-refractivity contribution in [3.05, 3.63) is 165 Å². The molecule has 1 N–H and O–H groups in total. The fourth-order valence-electron chi connectivity index (χ4n) is 7.16. The van der Waals surface area contributed by atoms with Crippen LogP contribution in [-0.4, -0.2) is 54.5 Å². The van der Waals surface area contributed by atoms with Gasteiger partial charge >= 0.3 is 5.97 Å². The molecule has 0 bridgehead atoms. The molecule has 1 fully saturated rings. The van der Waals surface area contributed by atoms with Crippen LogP contribution >= 0.6 is 11.6 Å². The zero-order valence-electron chi connectivity index (χ0n) is 28.3. The lowest BCUT2D eigenvalue weighted by atomic mass is 9.79. The number of benzene rings is 4. The maximum atomic E-state index is 14.5. The van der Waals surface area contributed by atoms with Crippen LogP contribution in [0.4, 0.5) is 0 Å². The summed E-state index contributed by atoms with van der Waals surface area (Å²) in [5, 5.41) is 3.92. The predicted molar refractivity (Wildman–Crippen MR) is 196 cm³/mol. The van der Waals surface area contributed by atoms with Crippen molar-refractivity contribution in [2.75, 3.05) is 32.8 Å². The van der Waals surface area contributed by atoms with Crippen molar-refractivity contribution in [2.45, 2.75) is 45.1 Å². The Morgan fingerprint density at radius 2 is 1.41 bits per heavy atom. The van der Waals surface area contributed by atoms with Crippen LogP contribution in [0.15, 0.2) is 138 Å². The van der Waals surface area contributed by atoms with Crippen molar-refractivity contribution >= 4 is 23.5 Å². The molecule has 0 aromatic heterocycles. The molecular weight excluding hydrogens is 630 g/mol. The lowest BCUT2D eigenvalue weighted by Gasteiger charge is -2.34. The van der Waals surface area contributed by atoms with Gasteiger partial charge < -0.3 is 15.0 Å². The van der Waals surface area contributed by atoms with E-state index in [2.05, 4.69) is 58.7 Å². The van der Waals surface area contributed by atoms with Gasteiger partial charge in [0.25, 0.3) is 5.91 Å². The van der Waals surface area contributed by atoms with Gasteiger partial charge in [-0.2, -0.15) is 0 Å². The van der Waals surface area contributed by atoms with Crippen molar-refractivity contribution in [3.63, 3.8) is 0 Å². The molecule has 4 aromatic rings. The van der Waals surface area contributed by atoms with Gasteiger partial charge in [-0.05, 0) is 61.1 Å². The van der Waals surface area contributed by atoms with Crippen LogP contribution in [0.2, 0.25) is 5.02 Å². The number of halogens is 1. The molecule has 6 nitrogen and oxygen atoms in total. The molecule has 1 unspecified atom stereocenters.